The molecule has 1 atom stereocenters. The van der Waals surface area contributed by atoms with Crippen LogP contribution in [0.5, 0.6) is 0 Å². The maximum atomic E-state index is 14.0. The first-order chi connectivity index (χ1) is 20.7. The van der Waals surface area contributed by atoms with Crippen molar-refractivity contribution in [2.24, 2.45) is 4.99 Å². The fourth-order valence-corrected chi connectivity index (χ4v) is 6.26. The topological polar surface area (TPSA) is 114 Å². The van der Waals surface area contributed by atoms with Crippen molar-refractivity contribution in [3.8, 4) is 11.3 Å². The van der Waals surface area contributed by atoms with Crippen LogP contribution in [0.3, 0.4) is 0 Å². The summed E-state index contributed by atoms with van der Waals surface area (Å²) >= 11 is 1.22. The molecule has 3 aromatic carbocycles. The third-order valence-electron chi connectivity index (χ3n) is 7.42. The Balaban J connectivity index is 1.44. The van der Waals surface area contributed by atoms with E-state index in [2.05, 4.69) is 5.32 Å². The molecule has 5 aromatic rings. The predicted molar refractivity (Wildman–Crippen MR) is 166 cm³/mol. The van der Waals surface area contributed by atoms with Gasteiger partial charge < -0.3 is 14.8 Å². The van der Waals surface area contributed by atoms with Crippen LogP contribution in [-0.4, -0.2) is 21.6 Å². The zero-order valence-electron chi connectivity index (χ0n) is 23.6. The lowest BCUT2D eigenvalue weighted by atomic mass is 9.94. The molecular formula is C34H27N3O5S. The third kappa shape index (κ3) is 5.26. The summed E-state index contributed by atoms with van der Waals surface area (Å²) in [5.74, 6) is -0.415. The molecule has 0 bridgehead atoms. The van der Waals surface area contributed by atoms with Crippen LogP contribution in [-0.2, 0) is 4.79 Å². The van der Waals surface area contributed by atoms with Gasteiger partial charge in [-0.25, -0.2) is 9.79 Å². The minimum absolute atomic E-state index is 0.197. The molecule has 0 fully saturated rings. The molecule has 9 heteroatoms. The quantitative estimate of drug-likeness (QED) is 0.274. The third-order valence-corrected chi connectivity index (χ3v) is 8.40. The van der Waals surface area contributed by atoms with Gasteiger partial charge in [0, 0.05) is 17.3 Å². The number of fused-ring (bicyclic) bond motifs is 1. The monoisotopic (exact) mass is 589 g/mol. The summed E-state index contributed by atoms with van der Waals surface area (Å²) in [4.78, 5) is 44.4. The number of hydrogen-bond donors (Lipinski definition) is 2. The summed E-state index contributed by atoms with van der Waals surface area (Å²) in [6.45, 7) is 5.50. The van der Waals surface area contributed by atoms with Crippen molar-refractivity contribution in [3.63, 3.8) is 0 Å². The van der Waals surface area contributed by atoms with E-state index in [9.17, 15) is 19.5 Å². The van der Waals surface area contributed by atoms with Crippen LogP contribution in [0.2, 0.25) is 0 Å². The van der Waals surface area contributed by atoms with Gasteiger partial charge in [-0.1, -0.05) is 71.5 Å². The first-order valence-corrected chi connectivity index (χ1v) is 14.4. The van der Waals surface area contributed by atoms with Gasteiger partial charge in [-0.3, -0.25) is 14.2 Å². The Bertz CT molecular complexity index is 2100. The molecule has 0 saturated carbocycles. The van der Waals surface area contributed by atoms with E-state index in [1.54, 1.807) is 67.0 Å². The molecule has 8 nitrogen and oxygen atoms in total. The number of carboxylic acid groups (broad SMARTS) is 1. The van der Waals surface area contributed by atoms with Gasteiger partial charge >= 0.3 is 5.97 Å². The number of carbonyl (C=O) groups is 2. The lowest BCUT2D eigenvalue weighted by Crippen LogP contribution is -2.40. The zero-order valence-corrected chi connectivity index (χ0v) is 24.4. The number of aryl methyl sites for hydroxylation is 1. The fraction of sp³-hybridized carbons (Fsp3) is 0.118. The van der Waals surface area contributed by atoms with Gasteiger partial charge in [-0.15, -0.1) is 0 Å². The van der Waals surface area contributed by atoms with E-state index in [1.165, 1.54) is 11.3 Å². The van der Waals surface area contributed by atoms with Gasteiger partial charge in [-0.05, 0) is 62.2 Å². The zero-order chi connectivity index (χ0) is 30.2. The first kappa shape index (κ1) is 27.9. The number of aromatic nitrogens is 1. The number of rotatable bonds is 6. The van der Waals surface area contributed by atoms with E-state index in [0.717, 1.165) is 11.1 Å². The maximum absolute atomic E-state index is 14.0. The molecule has 6 rings (SSSR count). The lowest BCUT2D eigenvalue weighted by Gasteiger charge is -2.25. The van der Waals surface area contributed by atoms with Crippen LogP contribution in [0.4, 0.5) is 5.69 Å². The van der Waals surface area contributed by atoms with Crippen molar-refractivity contribution in [1.82, 2.24) is 4.57 Å². The normalized spacial score (nSPS) is 14.8. The molecule has 43 heavy (non-hydrogen) atoms. The molecule has 3 heterocycles. The maximum Gasteiger partial charge on any atom is 0.335 e. The van der Waals surface area contributed by atoms with Gasteiger partial charge in [0.2, 0.25) is 0 Å². The summed E-state index contributed by atoms with van der Waals surface area (Å²) in [6, 6.07) is 24.8. The fourth-order valence-electron chi connectivity index (χ4n) is 5.23. The van der Waals surface area contributed by atoms with Gasteiger partial charge in [0.1, 0.15) is 11.5 Å². The number of hydrogen-bond acceptors (Lipinski definition) is 6. The molecule has 0 unspecified atom stereocenters. The highest BCUT2D eigenvalue weighted by Gasteiger charge is 2.32. The summed E-state index contributed by atoms with van der Waals surface area (Å²) in [5.41, 5.74) is 4.56. The Morgan fingerprint density at radius 1 is 0.953 bits per heavy atom. The van der Waals surface area contributed by atoms with Crippen molar-refractivity contribution in [1.29, 1.82) is 0 Å². The Kier molecular flexibility index (Phi) is 7.25. The number of para-hydroxylation sites is 1. The van der Waals surface area contributed by atoms with E-state index in [1.807, 2.05) is 49.4 Å². The highest BCUT2D eigenvalue weighted by molar-refractivity contribution is 7.07. The summed E-state index contributed by atoms with van der Waals surface area (Å²) in [5, 5.41) is 12.5. The van der Waals surface area contributed by atoms with Crippen molar-refractivity contribution < 1.29 is 19.1 Å². The van der Waals surface area contributed by atoms with E-state index >= 15 is 0 Å². The van der Waals surface area contributed by atoms with Gasteiger partial charge in [-0.2, -0.15) is 0 Å². The second-order valence-electron chi connectivity index (χ2n) is 10.3. The first-order valence-electron chi connectivity index (χ1n) is 13.6. The van der Waals surface area contributed by atoms with Crippen LogP contribution >= 0.6 is 11.3 Å². The van der Waals surface area contributed by atoms with Gasteiger partial charge in [0.15, 0.2) is 4.80 Å². The second kappa shape index (κ2) is 11.2. The van der Waals surface area contributed by atoms with Gasteiger partial charge in [0.05, 0.1) is 27.4 Å². The predicted octanol–water partition coefficient (Wildman–Crippen LogP) is 5.45. The van der Waals surface area contributed by atoms with Crippen molar-refractivity contribution >= 4 is 35.0 Å². The summed E-state index contributed by atoms with van der Waals surface area (Å²) in [6.07, 6.45) is 1.65. The number of carboxylic acids is 1. The number of anilines is 1. The molecular weight excluding hydrogens is 562 g/mol. The number of nitrogens with zero attached hydrogens (tertiary/aromatic N) is 2. The largest absolute Gasteiger partial charge is 0.478 e. The van der Waals surface area contributed by atoms with Gasteiger partial charge in [0.25, 0.3) is 11.5 Å². The van der Waals surface area contributed by atoms with E-state index in [4.69, 9.17) is 9.41 Å². The molecule has 2 N–H and O–H groups in total. The molecule has 2 aromatic heterocycles. The van der Waals surface area contributed by atoms with Crippen molar-refractivity contribution in [3.05, 3.63) is 144 Å². The van der Waals surface area contributed by atoms with Crippen LogP contribution in [0.25, 0.3) is 17.4 Å². The van der Waals surface area contributed by atoms with Crippen LogP contribution < -0.4 is 20.2 Å². The highest BCUT2D eigenvalue weighted by Crippen LogP contribution is 2.31. The van der Waals surface area contributed by atoms with Crippen LogP contribution in [0.15, 0.2) is 110 Å². The molecule has 0 saturated heterocycles. The Labute approximate surface area is 250 Å². The number of allylic oxidation sites excluding steroid dienone is 1. The number of nitrogens with one attached hydrogen (secondary N) is 1. The standard InChI is InChI=1S/C34H27N3O5S/c1-19-12-14-22(15-13-19)30-29(31(38)36-23-8-5-4-6-9-23)21(3)35-34-37(30)32(39)28(43-34)18-24-16-17-27(42-24)25-10-7-11-26(20(25)2)33(40)41/h4-18,30H,1-3H3,(H,36,38)(H,40,41)/b28-18-/t30-/m1/s1. The van der Waals surface area contributed by atoms with E-state index in [-0.39, 0.29) is 17.0 Å². The number of amides is 1. The van der Waals surface area contributed by atoms with Crippen LogP contribution in [0.1, 0.15) is 45.8 Å². The minimum atomic E-state index is -1.01. The Morgan fingerprint density at radius 2 is 1.70 bits per heavy atom. The second-order valence-corrected chi connectivity index (χ2v) is 11.3. The summed E-state index contributed by atoms with van der Waals surface area (Å²) in [7, 11) is 0. The molecule has 1 amide bonds. The number of benzene rings is 3. The lowest BCUT2D eigenvalue weighted by molar-refractivity contribution is -0.113. The highest BCUT2D eigenvalue weighted by atomic mass is 32.1. The minimum Gasteiger partial charge on any atom is -0.478 e. The number of aromatic carboxylic acids is 1. The molecule has 1 aliphatic rings. The SMILES string of the molecule is CC1=C(C(=O)Nc2ccccc2)[C@@H](c2ccc(C)cc2)n2c(s/c(=C\c3ccc(-c4cccc(C(=O)O)c4C)o3)c2=O)=N1. The molecule has 0 aliphatic carbocycles. The number of thiazole rings is 1. The average Bonchev–Trinajstić information content (AvgIpc) is 3.57. The number of carbonyl (C=O) groups excluding carboxylic acids is 1. The molecule has 214 valence electrons. The Hall–Kier alpha value is -5.28. The number of furan rings is 1. The Morgan fingerprint density at radius 3 is 2.42 bits per heavy atom. The van der Waals surface area contributed by atoms with Crippen molar-refractivity contribution in [2.45, 2.75) is 26.8 Å². The average molecular weight is 590 g/mol. The van der Waals surface area contributed by atoms with Crippen LogP contribution in [0, 0.1) is 13.8 Å². The van der Waals surface area contributed by atoms with Crippen molar-refractivity contribution in [2.75, 3.05) is 5.32 Å². The van der Waals surface area contributed by atoms with E-state index < -0.39 is 12.0 Å². The molecule has 1 aliphatic heterocycles. The van der Waals surface area contributed by atoms with E-state index in [0.29, 0.717) is 48.9 Å². The molecule has 0 spiro atoms. The molecule has 0 radical (unpaired) electrons. The summed E-state index contributed by atoms with van der Waals surface area (Å²) < 4.78 is 8.01. The smallest absolute Gasteiger partial charge is 0.335 e.